The van der Waals surface area contributed by atoms with Crippen LogP contribution >= 0.6 is 0 Å². The smallest absolute Gasteiger partial charge is 0.373 e. The summed E-state index contributed by atoms with van der Waals surface area (Å²) in [4.78, 5) is 11.7. The van der Waals surface area contributed by atoms with Crippen molar-refractivity contribution in [1.82, 2.24) is 0 Å². The zero-order valence-electron chi connectivity index (χ0n) is 15.4. The maximum atomic E-state index is 11.7. The van der Waals surface area contributed by atoms with Gasteiger partial charge in [0.25, 0.3) is 0 Å². The number of rotatable bonds is 4. The van der Waals surface area contributed by atoms with E-state index in [1.165, 1.54) is 7.11 Å². The summed E-state index contributed by atoms with van der Waals surface area (Å²) < 4.78 is 16.8. The molecule has 126 valence electrons. The molecule has 4 nitrogen and oxygen atoms in total. The van der Waals surface area contributed by atoms with Gasteiger partial charge >= 0.3 is 5.97 Å². The van der Waals surface area contributed by atoms with Gasteiger partial charge in [0.15, 0.2) is 8.32 Å². The maximum Gasteiger partial charge on any atom is 0.373 e. The monoisotopic (exact) mass is 326 g/mol. The summed E-state index contributed by atoms with van der Waals surface area (Å²) in [5.74, 6) is 0.567. The number of furan rings is 1. The van der Waals surface area contributed by atoms with Gasteiger partial charge in [0.1, 0.15) is 5.76 Å². The van der Waals surface area contributed by atoms with Crippen LogP contribution in [0.5, 0.6) is 0 Å². The molecule has 22 heavy (non-hydrogen) atoms. The van der Waals surface area contributed by atoms with Crippen LogP contribution in [0, 0.1) is 0 Å². The highest BCUT2D eigenvalue weighted by atomic mass is 28.4. The first-order valence-corrected chi connectivity index (χ1v) is 10.6. The van der Waals surface area contributed by atoms with Gasteiger partial charge in [-0.2, -0.15) is 0 Å². The summed E-state index contributed by atoms with van der Waals surface area (Å²) in [6, 6.07) is 1.75. The van der Waals surface area contributed by atoms with E-state index in [0.29, 0.717) is 6.61 Å². The highest BCUT2D eigenvalue weighted by Crippen LogP contribution is 2.38. The number of esters is 1. The molecule has 0 aliphatic rings. The number of methoxy groups -OCH3 is 1. The molecule has 0 unspecified atom stereocenters. The van der Waals surface area contributed by atoms with Gasteiger partial charge in [0.05, 0.1) is 13.7 Å². The molecule has 0 saturated heterocycles. The standard InChI is InChI=1S/C17H30O4Si/c1-16(2,3)14-12(10-13(21-14)15(18)19-7)11-20-22(8,9)17(4,5)6/h10H,11H2,1-9H3. The van der Waals surface area contributed by atoms with Crippen molar-refractivity contribution in [1.29, 1.82) is 0 Å². The Balaban J connectivity index is 3.08. The van der Waals surface area contributed by atoms with Crippen molar-refractivity contribution < 1.29 is 18.4 Å². The Morgan fingerprint density at radius 1 is 1.18 bits per heavy atom. The van der Waals surface area contributed by atoms with Gasteiger partial charge in [-0.25, -0.2) is 4.79 Å². The molecule has 1 heterocycles. The quantitative estimate of drug-likeness (QED) is 0.584. The molecule has 0 aromatic carbocycles. The second kappa shape index (κ2) is 6.20. The Morgan fingerprint density at radius 3 is 2.14 bits per heavy atom. The summed E-state index contributed by atoms with van der Waals surface area (Å²) in [7, 11) is -0.499. The van der Waals surface area contributed by atoms with Crippen LogP contribution in [0.2, 0.25) is 18.1 Å². The average molecular weight is 327 g/mol. The molecular formula is C17H30O4Si. The predicted molar refractivity (Wildman–Crippen MR) is 90.7 cm³/mol. The van der Waals surface area contributed by atoms with E-state index in [1.54, 1.807) is 6.07 Å². The number of hydrogen-bond acceptors (Lipinski definition) is 4. The lowest BCUT2D eigenvalue weighted by atomic mass is 9.91. The minimum absolute atomic E-state index is 0.143. The Bertz CT molecular complexity index is 530. The van der Waals surface area contributed by atoms with Crippen LogP contribution in [0.3, 0.4) is 0 Å². The third-order valence-electron chi connectivity index (χ3n) is 4.27. The van der Waals surface area contributed by atoms with E-state index < -0.39 is 14.3 Å². The molecule has 0 amide bonds. The lowest BCUT2D eigenvalue weighted by Crippen LogP contribution is -2.40. The molecule has 1 rings (SSSR count). The fraction of sp³-hybridized carbons (Fsp3) is 0.706. The largest absolute Gasteiger partial charge is 0.463 e. The highest BCUT2D eigenvalue weighted by molar-refractivity contribution is 6.74. The second-order valence-electron chi connectivity index (χ2n) is 8.26. The molecule has 5 heteroatoms. The van der Waals surface area contributed by atoms with E-state index >= 15 is 0 Å². The first kappa shape index (κ1) is 19.0. The maximum absolute atomic E-state index is 11.7. The number of carbonyl (C=O) groups is 1. The molecule has 0 aliphatic heterocycles. The van der Waals surface area contributed by atoms with Gasteiger partial charge in [-0.1, -0.05) is 41.5 Å². The zero-order valence-corrected chi connectivity index (χ0v) is 16.4. The van der Waals surface area contributed by atoms with Gasteiger partial charge in [-0.05, 0) is 24.2 Å². The van der Waals surface area contributed by atoms with Crippen LogP contribution < -0.4 is 0 Å². The van der Waals surface area contributed by atoms with Crippen LogP contribution in [0.1, 0.15) is 63.4 Å². The third kappa shape index (κ3) is 4.23. The zero-order chi connectivity index (χ0) is 17.3. The summed E-state index contributed by atoms with van der Waals surface area (Å²) in [5, 5.41) is 0.143. The lowest BCUT2D eigenvalue weighted by molar-refractivity contribution is 0.0561. The van der Waals surface area contributed by atoms with E-state index in [9.17, 15) is 4.79 Å². The van der Waals surface area contributed by atoms with Crippen LogP contribution in [0.25, 0.3) is 0 Å². The van der Waals surface area contributed by atoms with Crippen molar-refractivity contribution >= 4 is 14.3 Å². The van der Waals surface area contributed by atoms with Crippen LogP contribution in [-0.2, 0) is 21.2 Å². The van der Waals surface area contributed by atoms with E-state index in [4.69, 9.17) is 13.6 Å². The van der Waals surface area contributed by atoms with Crippen LogP contribution in [-0.4, -0.2) is 21.4 Å². The number of carbonyl (C=O) groups excluding carboxylic acids is 1. The van der Waals surface area contributed by atoms with E-state index in [1.807, 2.05) is 0 Å². The van der Waals surface area contributed by atoms with E-state index in [0.717, 1.165) is 11.3 Å². The molecule has 0 fully saturated rings. The molecule has 0 atom stereocenters. The van der Waals surface area contributed by atoms with Gasteiger partial charge < -0.3 is 13.6 Å². The predicted octanol–water partition coefficient (Wildman–Crippen LogP) is 4.89. The van der Waals surface area contributed by atoms with Gasteiger partial charge in [0, 0.05) is 11.0 Å². The molecule has 0 bridgehead atoms. The first-order chi connectivity index (χ1) is 9.79. The van der Waals surface area contributed by atoms with Crippen molar-refractivity contribution in [3.63, 3.8) is 0 Å². The summed E-state index contributed by atoms with van der Waals surface area (Å²) >= 11 is 0. The molecule has 0 spiro atoms. The van der Waals surface area contributed by atoms with Crippen LogP contribution in [0.15, 0.2) is 10.5 Å². The fourth-order valence-electron chi connectivity index (χ4n) is 1.85. The van der Waals surface area contributed by atoms with E-state index in [-0.39, 0.29) is 16.2 Å². The minimum atomic E-state index is -1.85. The number of hydrogen-bond donors (Lipinski definition) is 0. The highest BCUT2D eigenvalue weighted by Gasteiger charge is 2.38. The Labute approximate surface area is 135 Å². The summed E-state index contributed by atoms with van der Waals surface area (Å²) in [6.45, 7) is 17.7. The number of ether oxygens (including phenoxy) is 1. The molecule has 0 aliphatic carbocycles. The van der Waals surface area contributed by atoms with Crippen molar-refractivity contribution in [2.45, 2.75) is 71.7 Å². The van der Waals surface area contributed by atoms with Crippen molar-refractivity contribution in [2.24, 2.45) is 0 Å². The Kier molecular flexibility index (Phi) is 5.35. The summed E-state index contributed by atoms with van der Waals surface area (Å²) in [6.07, 6.45) is 0. The normalized spacial score (nSPS) is 13.3. The molecule has 1 aromatic rings. The molecular weight excluding hydrogens is 296 g/mol. The molecule has 0 N–H and O–H groups in total. The van der Waals surface area contributed by atoms with Gasteiger partial charge in [-0.15, -0.1) is 0 Å². The molecule has 1 aromatic heterocycles. The topological polar surface area (TPSA) is 48.7 Å². The first-order valence-electron chi connectivity index (χ1n) is 7.65. The van der Waals surface area contributed by atoms with Crippen molar-refractivity contribution in [3.8, 4) is 0 Å². The van der Waals surface area contributed by atoms with Gasteiger partial charge in [0.2, 0.25) is 5.76 Å². The van der Waals surface area contributed by atoms with Crippen molar-refractivity contribution in [3.05, 3.63) is 23.2 Å². The molecule has 0 radical (unpaired) electrons. The summed E-state index contributed by atoms with van der Waals surface area (Å²) in [5.41, 5.74) is 0.732. The SMILES string of the molecule is COC(=O)c1cc(CO[Si](C)(C)C(C)(C)C)c(C(C)(C)C)o1. The fourth-order valence-corrected chi connectivity index (χ4v) is 2.80. The van der Waals surface area contributed by atoms with Gasteiger partial charge in [-0.3, -0.25) is 0 Å². The average Bonchev–Trinajstić information content (AvgIpc) is 2.78. The van der Waals surface area contributed by atoms with Crippen LogP contribution in [0.4, 0.5) is 0 Å². The third-order valence-corrected chi connectivity index (χ3v) is 8.75. The lowest BCUT2D eigenvalue weighted by Gasteiger charge is -2.36. The molecule has 0 saturated carbocycles. The second-order valence-corrected chi connectivity index (χ2v) is 13.1. The minimum Gasteiger partial charge on any atom is -0.463 e. The Morgan fingerprint density at radius 2 is 1.73 bits per heavy atom. The Hall–Kier alpha value is -1.07. The van der Waals surface area contributed by atoms with E-state index in [2.05, 4.69) is 54.6 Å². The van der Waals surface area contributed by atoms with Crippen molar-refractivity contribution in [2.75, 3.05) is 7.11 Å².